The molecule has 5 nitrogen and oxygen atoms in total. The van der Waals surface area contributed by atoms with E-state index in [1.54, 1.807) is 25.2 Å². The van der Waals surface area contributed by atoms with Gasteiger partial charge in [-0.1, -0.05) is 0 Å². The van der Waals surface area contributed by atoms with Gasteiger partial charge in [0.15, 0.2) is 0 Å². The first-order valence-corrected chi connectivity index (χ1v) is 6.37. The van der Waals surface area contributed by atoms with Gasteiger partial charge in [-0.3, -0.25) is 4.79 Å². The van der Waals surface area contributed by atoms with E-state index in [4.69, 9.17) is 0 Å². The Morgan fingerprint density at radius 2 is 2.26 bits per heavy atom. The Labute approximate surface area is 112 Å². The molecular weight excluding hydrogens is 242 g/mol. The molecule has 0 saturated carbocycles. The van der Waals surface area contributed by atoms with Crippen molar-refractivity contribution in [3.05, 3.63) is 30.1 Å². The maximum absolute atomic E-state index is 11.5. The normalized spacial score (nSPS) is 10.9. The Morgan fingerprint density at radius 3 is 2.95 bits per heavy atom. The summed E-state index contributed by atoms with van der Waals surface area (Å²) >= 11 is 0. The van der Waals surface area contributed by atoms with Crippen molar-refractivity contribution in [3.63, 3.8) is 0 Å². The highest BCUT2D eigenvalue weighted by Crippen LogP contribution is 2.19. The predicted octanol–water partition coefficient (Wildman–Crippen LogP) is 1.40. The molecule has 0 atom stereocenters. The summed E-state index contributed by atoms with van der Waals surface area (Å²) in [6, 6.07) is 3.82. The van der Waals surface area contributed by atoms with Crippen LogP contribution in [-0.4, -0.2) is 39.6 Å². The molecule has 19 heavy (non-hydrogen) atoms. The van der Waals surface area contributed by atoms with Crippen LogP contribution in [-0.2, 0) is 17.9 Å². The molecule has 2 heterocycles. The fraction of sp³-hybridized carbons (Fsp3) is 0.429. The number of carbonyl (C=O) groups excluding carboxylic acids is 1. The second kappa shape index (κ2) is 5.84. The third-order valence-corrected chi connectivity index (χ3v) is 3.18. The lowest BCUT2D eigenvalue weighted by Gasteiger charge is -2.10. The number of nitrogens with zero attached hydrogens (tertiary/aromatic N) is 3. The van der Waals surface area contributed by atoms with Crippen molar-refractivity contribution in [2.45, 2.75) is 26.0 Å². The van der Waals surface area contributed by atoms with Gasteiger partial charge >= 0.3 is 0 Å². The van der Waals surface area contributed by atoms with Crippen molar-refractivity contribution in [2.24, 2.45) is 0 Å². The number of aliphatic hydroxyl groups is 1. The highest BCUT2D eigenvalue weighted by molar-refractivity contribution is 5.80. The molecule has 0 radical (unpaired) electrons. The summed E-state index contributed by atoms with van der Waals surface area (Å²) in [6.07, 6.45) is 4.94. The smallest absolute Gasteiger partial charge is 0.222 e. The highest BCUT2D eigenvalue weighted by atomic mass is 16.3. The fourth-order valence-corrected chi connectivity index (χ4v) is 2.12. The number of aromatic nitrogens is 2. The average Bonchev–Trinajstić information content (AvgIpc) is 2.77. The molecule has 0 fully saturated rings. The van der Waals surface area contributed by atoms with Gasteiger partial charge in [0, 0.05) is 50.4 Å². The van der Waals surface area contributed by atoms with Gasteiger partial charge in [-0.25, -0.2) is 4.98 Å². The Balaban J connectivity index is 2.11. The van der Waals surface area contributed by atoms with E-state index in [0.29, 0.717) is 6.42 Å². The molecule has 5 heteroatoms. The summed E-state index contributed by atoms with van der Waals surface area (Å²) in [5.74, 6) is 0.131. The van der Waals surface area contributed by atoms with Crippen LogP contribution in [0, 0.1) is 0 Å². The molecular formula is C14H19N3O2. The van der Waals surface area contributed by atoms with Crippen molar-refractivity contribution < 1.29 is 9.90 Å². The summed E-state index contributed by atoms with van der Waals surface area (Å²) in [5.41, 5.74) is 1.74. The lowest BCUT2D eigenvalue weighted by atomic mass is 10.2. The molecule has 0 aliphatic heterocycles. The molecule has 2 rings (SSSR count). The summed E-state index contributed by atoms with van der Waals surface area (Å²) in [6.45, 7) is 0.735. The summed E-state index contributed by atoms with van der Waals surface area (Å²) in [4.78, 5) is 17.5. The summed E-state index contributed by atoms with van der Waals surface area (Å²) < 4.78 is 2.00. The van der Waals surface area contributed by atoms with Gasteiger partial charge in [0.1, 0.15) is 5.65 Å². The molecule has 0 spiro atoms. The number of aliphatic hydroxyl groups excluding tert-OH is 1. The zero-order valence-corrected chi connectivity index (χ0v) is 11.3. The van der Waals surface area contributed by atoms with Crippen LogP contribution >= 0.6 is 0 Å². The molecule has 0 aliphatic rings. The van der Waals surface area contributed by atoms with Crippen LogP contribution in [0.15, 0.2) is 24.5 Å². The minimum Gasteiger partial charge on any atom is -0.392 e. The minimum atomic E-state index is 0.00578. The largest absolute Gasteiger partial charge is 0.392 e. The minimum absolute atomic E-state index is 0.00578. The molecule has 1 amide bonds. The molecule has 0 aromatic carbocycles. The van der Waals surface area contributed by atoms with Crippen LogP contribution in [0.2, 0.25) is 0 Å². The zero-order chi connectivity index (χ0) is 13.8. The molecule has 1 N–H and O–H groups in total. The molecule has 0 aliphatic carbocycles. The van der Waals surface area contributed by atoms with Gasteiger partial charge in [-0.15, -0.1) is 0 Å². The highest BCUT2D eigenvalue weighted by Gasteiger charge is 2.09. The van der Waals surface area contributed by atoms with Crippen molar-refractivity contribution in [3.8, 4) is 0 Å². The standard InChI is InChI=1S/C14H19N3O2/c1-16(2)13(19)6-4-8-17-9-11(10-18)12-5-3-7-15-14(12)17/h3,5,7,9,18H,4,6,8,10H2,1-2H3. The monoisotopic (exact) mass is 261 g/mol. The second-order valence-corrected chi connectivity index (χ2v) is 4.77. The summed E-state index contributed by atoms with van der Waals surface area (Å²) in [7, 11) is 3.53. The zero-order valence-electron chi connectivity index (χ0n) is 11.3. The number of amides is 1. The molecule has 0 saturated heterocycles. The number of rotatable bonds is 5. The third-order valence-electron chi connectivity index (χ3n) is 3.18. The first kappa shape index (κ1) is 13.5. The lowest BCUT2D eigenvalue weighted by molar-refractivity contribution is -0.128. The average molecular weight is 261 g/mol. The molecule has 0 bridgehead atoms. The van der Waals surface area contributed by atoms with E-state index in [-0.39, 0.29) is 12.5 Å². The van der Waals surface area contributed by atoms with E-state index in [2.05, 4.69) is 4.98 Å². The first-order chi connectivity index (χ1) is 9.13. The molecule has 0 unspecified atom stereocenters. The number of hydrogen-bond acceptors (Lipinski definition) is 3. The van der Waals surface area contributed by atoms with E-state index < -0.39 is 0 Å². The van der Waals surface area contributed by atoms with Crippen LogP contribution in [0.3, 0.4) is 0 Å². The Hall–Kier alpha value is -1.88. The van der Waals surface area contributed by atoms with E-state index >= 15 is 0 Å². The van der Waals surface area contributed by atoms with Gasteiger partial charge in [-0.2, -0.15) is 0 Å². The van der Waals surface area contributed by atoms with E-state index in [9.17, 15) is 9.90 Å². The van der Waals surface area contributed by atoms with Crippen LogP contribution in [0.25, 0.3) is 11.0 Å². The summed E-state index contributed by atoms with van der Waals surface area (Å²) in [5, 5.41) is 10.3. The number of pyridine rings is 1. The van der Waals surface area contributed by atoms with Gasteiger partial charge in [0.2, 0.25) is 5.91 Å². The number of aryl methyl sites for hydroxylation is 1. The van der Waals surface area contributed by atoms with Crippen LogP contribution in [0.1, 0.15) is 18.4 Å². The third kappa shape index (κ3) is 2.93. The maximum Gasteiger partial charge on any atom is 0.222 e. The molecule has 2 aromatic rings. The Morgan fingerprint density at radius 1 is 1.47 bits per heavy atom. The van der Waals surface area contributed by atoms with Crippen LogP contribution in [0.4, 0.5) is 0 Å². The van der Waals surface area contributed by atoms with Crippen molar-refractivity contribution in [1.29, 1.82) is 0 Å². The van der Waals surface area contributed by atoms with Crippen LogP contribution in [0.5, 0.6) is 0 Å². The predicted molar refractivity (Wildman–Crippen MR) is 73.6 cm³/mol. The van der Waals surface area contributed by atoms with Gasteiger partial charge in [0.25, 0.3) is 0 Å². The van der Waals surface area contributed by atoms with E-state index in [0.717, 1.165) is 29.6 Å². The molecule has 2 aromatic heterocycles. The van der Waals surface area contributed by atoms with E-state index in [1.807, 2.05) is 22.9 Å². The van der Waals surface area contributed by atoms with E-state index in [1.165, 1.54) is 0 Å². The SMILES string of the molecule is CN(C)C(=O)CCCn1cc(CO)c2cccnc21. The fourth-order valence-electron chi connectivity index (χ4n) is 2.12. The van der Waals surface area contributed by atoms with Gasteiger partial charge in [-0.05, 0) is 18.6 Å². The number of hydrogen-bond donors (Lipinski definition) is 1. The number of carbonyl (C=O) groups is 1. The van der Waals surface area contributed by atoms with Crippen molar-refractivity contribution in [2.75, 3.05) is 14.1 Å². The molecule has 102 valence electrons. The van der Waals surface area contributed by atoms with Gasteiger partial charge < -0.3 is 14.6 Å². The quantitative estimate of drug-likeness (QED) is 0.885. The maximum atomic E-state index is 11.5. The van der Waals surface area contributed by atoms with Crippen molar-refractivity contribution in [1.82, 2.24) is 14.5 Å². The Bertz CT molecular complexity index is 575. The van der Waals surface area contributed by atoms with Crippen molar-refractivity contribution >= 4 is 16.9 Å². The topological polar surface area (TPSA) is 58.4 Å². The lowest BCUT2D eigenvalue weighted by Crippen LogP contribution is -2.21. The van der Waals surface area contributed by atoms with Crippen LogP contribution < -0.4 is 0 Å². The second-order valence-electron chi connectivity index (χ2n) is 4.77. The first-order valence-electron chi connectivity index (χ1n) is 6.37. The Kier molecular flexibility index (Phi) is 4.16. The van der Waals surface area contributed by atoms with Gasteiger partial charge in [0.05, 0.1) is 6.61 Å². The number of fused-ring (bicyclic) bond motifs is 1.